The van der Waals surface area contributed by atoms with Crippen LogP contribution >= 0.6 is 0 Å². The van der Waals surface area contributed by atoms with Gasteiger partial charge in [0.15, 0.2) is 18.1 Å². The van der Waals surface area contributed by atoms with E-state index in [2.05, 4.69) is 9.88 Å². The van der Waals surface area contributed by atoms with Crippen molar-refractivity contribution in [3.8, 4) is 11.5 Å². The molecule has 1 atom stereocenters. The number of methoxy groups -OCH3 is 1. The van der Waals surface area contributed by atoms with E-state index >= 15 is 0 Å². The van der Waals surface area contributed by atoms with Gasteiger partial charge in [0.05, 0.1) is 18.3 Å². The minimum atomic E-state index is -0.601. The first-order valence-electron chi connectivity index (χ1n) is 11.2. The van der Waals surface area contributed by atoms with E-state index in [-0.39, 0.29) is 30.7 Å². The SMILES string of the molecule is COc1ccc([C@@H]2CC(=O)Nc3cccc4c3c2cn4Cc2cccc(F)c2)cc1OCC(N)=O. The van der Waals surface area contributed by atoms with Gasteiger partial charge in [0.2, 0.25) is 5.91 Å². The summed E-state index contributed by atoms with van der Waals surface area (Å²) in [6, 6.07) is 17.7. The van der Waals surface area contributed by atoms with Crippen molar-refractivity contribution in [2.75, 3.05) is 19.0 Å². The van der Waals surface area contributed by atoms with Crippen molar-refractivity contribution in [3.05, 3.63) is 89.4 Å². The molecule has 0 saturated carbocycles. The summed E-state index contributed by atoms with van der Waals surface area (Å²) in [4.78, 5) is 24.1. The molecule has 3 aromatic carbocycles. The normalized spacial score (nSPS) is 14.9. The predicted octanol–water partition coefficient (Wildman–Crippen LogP) is 4.18. The van der Waals surface area contributed by atoms with Gasteiger partial charge in [-0.1, -0.05) is 24.3 Å². The number of hydrogen-bond donors (Lipinski definition) is 2. The van der Waals surface area contributed by atoms with Gasteiger partial charge in [-0.25, -0.2) is 4.39 Å². The zero-order valence-electron chi connectivity index (χ0n) is 19.1. The molecular weight excluding hydrogens is 449 g/mol. The van der Waals surface area contributed by atoms with Crippen LogP contribution in [0.15, 0.2) is 66.9 Å². The van der Waals surface area contributed by atoms with Gasteiger partial charge >= 0.3 is 0 Å². The summed E-state index contributed by atoms with van der Waals surface area (Å²) < 4.78 is 26.8. The maximum atomic E-state index is 13.8. The zero-order valence-corrected chi connectivity index (χ0v) is 19.1. The number of nitrogens with zero attached hydrogens (tertiary/aromatic N) is 1. The Balaban J connectivity index is 1.62. The van der Waals surface area contributed by atoms with Crippen molar-refractivity contribution < 1.29 is 23.5 Å². The van der Waals surface area contributed by atoms with Crippen molar-refractivity contribution in [2.45, 2.75) is 18.9 Å². The zero-order chi connectivity index (χ0) is 24.5. The van der Waals surface area contributed by atoms with E-state index < -0.39 is 5.91 Å². The van der Waals surface area contributed by atoms with Crippen LogP contribution in [0.5, 0.6) is 11.5 Å². The summed E-state index contributed by atoms with van der Waals surface area (Å²) in [5.74, 6) is -0.439. The molecule has 8 heteroatoms. The lowest BCUT2D eigenvalue weighted by molar-refractivity contribution is -0.120. The van der Waals surface area contributed by atoms with Gasteiger partial charge in [-0.05, 0) is 53.1 Å². The number of nitrogens with one attached hydrogen (secondary N) is 1. The third-order valence-electron chi connectivity index (χ3n) is 6.18. The third kappa shape index (κ3) is 4.42. The summed E-state index contributed by atoms with van der Waals surface area (Å²) in [5, 5.41) is 3.96. The van der Waals surface area contributed by atoms with Gasteiger partial charge in [-0.15, -0.1) is 0 Å². The number of carbonyl (C=O) groups excluding carboxylic acids is 2. The summed E-state index contributed by atoms with van der Waals surface area (Å²) in [6.07, 6.45) is 2.24. The number of nitrogens with two attached hydrogens (primary N) is 1. The van der Waals surface area contributed by atoms with Gasteiger partial charge in [0.1, 0.15) is 5.82 Å². The highest BCUT2D eigenvalue weighted by atomic mass is 19.1. The number of carbonyl (C=O) groups is 2. The molecule has 0 radical (unpaired) electrons. The summed E-state index contributed by atoms with van der Waals surface area (Å²) in [7, 11) is 1.51. The standard InChI is InChI=1S/C27H24FN3O4/c1-34-23-9-8-17(11-24(23)35-15-25(29)32)19-12-26(33)30-21-6-3-7-22-27(21)20(19)14-31(22)13-16-4-2-5-18(28)10-16/h2-11,14,19H,12-13,15H2,1H3,(H2,29,32)(H,30,33)/t19-/m0/s1. The first-order chi connectivity index (χ1) is 16.9. The Hall–Kier alpha value is -4.33. The number of benzene rings is 3. The molecule has 3 N–H and O–H groups in total. The Morgan fingerprint density at radius 1 is 1.14 bits per heavy atom. The van der Waals surface area contributed by atoms with E-state index in [1.165, 1.54) is 19.2 Å². The molecule has 5 rings (SSSR count). The largest absolute Gasteiger partial charge is 0.493 e. The van der Waals surface area contributed by atoms with Crippen LogP contribution in [0.1, 0.15) is 29.0 Å². The van der Waals surface area contributed by atoms with Gasteiger partial charge in [0, 0.05) is 30.5 Å². The van der Waals surface area contributed by atoms with Crippen molar-refractivity contribution >= 4 is 28.4 Å². The average molecular weight is 474 g/mol. The molecule has 0 bridgehead atoms. The van der Waals surface area contributed by atoms with E-state index in [0.717, 1.165) is 33.3 Å². The molecule has 0 aliphatic carbocycles. The van der Waals surface area contributed by atoms with Gasteiger partial charge < -0.3 is 25.1 Å². The lowest BCUT2D eigenvalue weighted by Crippen LogP contribution is -2.20. The second kappa shape index (κ2) is 9.13. The van der Waals surface area contributed by atoms with Crippen molar-refractivity contribution in [3.63, 3.8) is 0 Å². The van der Waals surface area contributed by atoms with Crippen molar-refractivity contribution in [1.29, 1.82) is 0 Å². The van der Waals surface area contributed by atoms with Gasteiger partial charge in [0.25, 0.3) is 5.91 Å². The highest BCUT2D eigenvalue weighted by molar-refractivity contribution is 6.06. The van der Waals surface area contributed by atoms with E-state index in [0.29, 0.717) is 18.0 Å². The van der Waals surface area contributed by atoms with Crippen LogP contribution in [0.3, 0.4) is 0 Å². The molecule has 1 aliphatic heterocycles. The second-order valence-corrected chi connectivity index (χ2v) is 8.51. The van der Waals surface area contributed by atoms with Crippen LogP contribution in [0.25, 0.3) is 10.9 Å². The van der Waals surface area contributed by atoms with Gasteiger partial charge in [-0.2, -0.15) is 0 Å². The molecule has 1 aliphatic rings. The summed E-state index contributed by atoms with van der Waals surface area (Å²) in [6.45, 7) is 0.190. The van der Waals surface area contributed by atoms with Crippen LogP contribution in [-0.4, -0.2) is 30.1 Å². The van der Waals surface area contributed by atoms with Crippen LogP contribution in [-0.2, 0) is 16.1 Å². The maximum Gasteiger partial charge on any atom is 0.255 e. The Labute approximate surface area is 201 Å². The number of primary amides is 1. The smallest absolute Gasteiger partial charge is 0.255 e. The lowest BCUT2D eigenvalue weighted by atomic mass is 9.88. The van der Waals surface area contributed by atoms with Crippen molar-refractivity contribution in [2.24, 2.45) is 5.73 Å². The fourth-order valence-corrected chi connectivity index (χ4v) is 4.68. The van der Waals surface area contributed by atoms with Crippen LogP contribution in [0.2, 0.25) is 0 Å². The first kappa shape index (κ1) is 22.5. The average Bonchev–Trinajstić information content (AvgIpc) is 3.12. The fraction of sp³-hybridized carbons (Fsp3) is 0.185. The van der Waals surface area contributed by atoms with E-state index in [1.54, 1.807) is 18.2 Å². The minimum Gasteiger partial charge on any atom is -0.493 e. The fourth-order valence-electron chi connectivity index (χ4n) is 4.68. The number of halogens is 1. The summed E-state index contributed by atoms with van der Waals surface area (Å²) in [5.41, 5.74) is 9.56. The van der Waals surface area contributed by atoms with E-state index in [4.69, 9.17) is 15.2 Å². The number of ether oxygens (including phenoxy) is 2. The highest BCUT2D eigenvalue weighted by Gasteiger charge is 2.28. The second-order valence-electron chi connectivity index (χ2n) is 8.51. The number of anilines is 1. The molecule has 0 fully saturated rings. The van der Waals surface area contributed by atoms with Crippen LogP contribution < -0.4 is 20.5 Å². The number of hydrogen-bond acceptors (Lipinski definition) is 4. The molecular formula is C27H24FN3O4. The van der Waals surface area contributed by atoms with E-state index in [1.807, 2.05) is 36.5 Å². The molecule has 7 nitrogen and oxygen atoms in total. The molecule has 2 amide bonds. The monoisotopic (exact) mass is 473 g/mol. The Kier molecular flexibility index (Phi) is 5.86. The predicted molar refractivity (Wildman–Crippen MR) is 130 cm³/mol. The van der Waals surface area contributed by atoms with Crippen molar-refractivity contribution in [1.82, 2.24) is 4.57 Å². The van der Waals surface area contributed by atoms with Crippen LogP contribution in [0.4, 0.5) is 10.1 Å². The Morgan fingerprint density at radius 3 is 2.74 bits per heavy atom. The topological polar surface area (TPSA) is 95.6 Å². The summed E-state index contributed by atoms with van der Waals surface area (Å²) >= 11 is 0. The quantitative estimate of drug-likeness (QED) is 0.421. The Morgan fingerprint density at radius 2 is 1.97 bits per heavy atom. The molecule has 1 aromatic heterocycles. The van der Waals surface area contributed by atoms with E-state index in [9.17, 15) is 14.0 Å². The molecule has 0 saturated heterocycles. The number of aromatic nitrogens is 1. The lowest BCUT2D eigenvalue weighted by Gasteiger charge is -2.17. The molecule has 35 heavy (non-hydrogen) atoms. The van der Waals surface area contributed by atoms with Crippen LogP contribution in [0, 0.1) is 5.82 Å². The number of amides is 2. The highest BCUT2D eigenvalue weighted by Crippen LogP contribution is 2.42. The molecule has 0 spiro atoms. The minimum absolute atomic E-state index is 0.106. The molecule has 2 heterocycles. The molecule has 4 aromatic rings. The Bertz CT molecular complexity index is 1450. The molecule has 178 valence electrons. The van der Waals surface area contributed by atoms with Gasteiger partial charge in [-0.3, -0.25) is 9.59 Å². The number of rotatable bonds is 7. The first-order valence-corrected chi connectivity index (χ1v) is 11.2. The molecule has 0 unspecified atom stereocenters. The third-order valence-corrected chi connectivity index (χ3v) is 6.18. The maximum absolute atomic E-state index is 13.8.